The third-order valence-electron chi connectivity index (χ3n) is 4.64. The first-order valence-corrected chi connectivity index (χ1v) is 7.46. The van der Waals surface area contributed by atoms with Crippen molar-refractivity contribution in [2.45, 2.75) is 19.3 Å². The highest BCUT2D eigenvalue weighted by molar-refractivity contribution is 6.29. The molecule has 2 fully saturated rings. The van der Waals surface area contributed by atoms with E-state index in [9.17, 15) is 0 Å². The SMILES string of the molecule is Clc1cc(N2CCC3(CCOCC3)C2)c2nccn2n1. The van der Waals surface area contributed by atoms with Gasteiger partial charge in [-0.3, -0.25) is 0 Å². The molecule has 0 unspecified atom stereocenters. The molecule has 4 heterocycles. The van der Waals surface area contributed by atoms with Gasteiger partial charge in [-0.15, -0.1) is 0 Å². The Bertz CT molecular complexity index is 635. The van der Waals surface area contributed by atoms with Crippen molar-refractivity contribution in [3.8, 4) is 0 Å². The van der Waals surface area contributed by atoms with Crippen LogP contribution in [-0.2, 0) is 4.74 Å². The van der Waals surface area contributed by atoms with E-state index >= 15 is 0 Å². The molecule has 0 aliphatic carbocycles. The average molecular weight is 293 g/mol. The Labute approximate surface area is 122 Å². The van der Waals surface area contributed by atoms with E-state index in [1.54, 1.807) is 10.7 Å². The highest BCUT2D eigenvalue weighted by atomic mass is 35.5. The summed E-state index contributed by atoms with van der Waals surface area (Å²) in [6.07, 6.45) is 7.15. The number of halogens is 1. The Hall–Kier alpha value is -1.33. The van der Waals surface area contributed by atoms with Gasteiger partial charge in [0, 0.05) is 44.8 Å². The summed E-state index contributed by atoms with van der Waals surface area (Å²) in [7, 11) is 0. The Morgan fingerprint density at radius 2 is 2.10 bits per heavy atom. The molecule has 0 radical (unpaired) electrons. The first-order valence-electron chi connectivity index (χ1n) is 7.08. The summed E-state index contributed by atoms with van der Waals surface area (Å²) in [6, 6.07) is 1.93. The second kappa shape index (κ2) is 4.60. The third kappa shape index (κ3) is 1.96. The first-order chi connectivity index (χ1) is 9.76. The largest absolute Gasteiger partial charge is 0.381 e. The average Bonchev–Trinajstić information content (AvgIpc) is 3.06. The van der Waals surface area contributed by atoms with E-state index in [4.69, 9.17) is 16.3 Å². The molecule has 5 nitrogen and oxygen atoms in total. The summed E-state index contributed by atoms with van der Waals surface area (Å²) < 4.78 is 7.26. The Morgan fingerprint density at radius 3 is 2.95 bits per heavy atom. The minimum atomic E-state index is 0.414. The second-order valence-corrected chi connectivity index (χ2v) is 6.22. The monoisotopic (exact) mass is 292 g/mol. The summed E-state index contributed by atoms with van der Waals surface area (Å²) in [5.41, 5.74) is 2.40. The van der Waals surface area contributed by atoms with Gasteiger partial charge in [0.15, 0.2) is 10.8 Å². The van der Waals surface area contributed by atoms with Crippen molar-refractivity contribution in [1.82, 2.24) is 14.6 Å². The topological polar surface area (TPSA) is 42.7 Å². The van der Waals surface area contributed by atoms with Crippen molar-refractivity contribution in [3.63, 3.8) is 0 Å². The van der Waals surface area contributed by atoms with Gasteiger partial charge in [-0.25, -0.2) is 9.50 Å². The smallest absolute Gasteiger partial charge is 0.177 e. The lowest BCUT2D eigenvalue weighted by molar-refractivity contribution is 0.0254. The summed E-state index contributed by atoms with van der Waals surface area (Å²) in [5, 5.41) is 4.76. The maximum atomic E-state index is 6.13. The molecule has 1 spiro atoms. The summed E-state index contributed by atoms with van der Waals surface area (Å²) in [6.45, 7) is 3.91. The first kappa shape index (κ1) is 12.4. The fourth-order valence-corrected chi connectivity index (χ4v) is 3.64. The van der Waals surface area contributed by atoms with Crippen molar-refractivity contribution in [1.29, 1.82) is 0 Å². The lowest BCUT2D eigenvalue weighted by Crippen LogP contribution is -2.33. The highest BCUT2D eigenvalue weighted by Gasteiger charge is 2.40. The molecule has 4 rings (SSSR count). The fourth-order valence-electron chi connectivity index (χ4n) is 3.46. The molecular formula is C14H17ClN4O. The third-order valence-corrected chi connectivity index (χ3v) is 4.83. The van der Waals surface area contributed by atoms with Gasteiger partial charge in [0.25, 0.3) is 0 Å². The van der Waals surface area contributed by atoms with Gasteiger partial charge in [0.1, 0.15) is 0 Å². The van der Waals surface area contributed by atoms with E-state index in [0.717, 1.165) is 50.5 Å². The van der Waals surface area contributed by atoms with Crippen LogP contribution < -0.4 is 4.90 Å². The minimum Gasteiger partial charge on any atom is -0.381 e. The minimum absolute atomic E-state index is 0.414. The molecule has 0 bridgehead atoms. The molecule has 2 aliphatic heterocycles. The number of hydrogen-bond donors (Lipinski definition) is 0. The Balaban J connectivity index is 1.68. The number of anilines is 1. The molecule has 106 valence electrons. The zero-order valence-electron chi connectivity index (χ0n) is 11.3. The van der Waals surface area contributed by atoms with Crippen LogP contribution in [0.25, 0.3) is 5.65 Å². The number of rotatable bonds is 1. The Morgan fingerprint density at radius 1 is 1.25 bits per heavy atom. The quantitative estimate of drug-likeness (QED) is 0.809. The van der Waals surface area contributed by atoms with E-state index in [-0.39, 0.29) is 0 Å². The normalized spacial score (nSPS) is 21.9. The number of ether oxygens (including phenoxy) is 1. The van der Waals surface area contributed by atoms with Crippen molar-refractivity contribution in [3.05, 3.63) is 23.6 Å². The lowest BCUT2D eigenvalue weighted by Gasteiger charge is -2.33. The molecule has 6 heteroatoms. The molecular weight excluding hydrogens is 276 g/mol. The number of nitrogens with zero attached hydrogens (tertiary/aromatic N) is 4. The molecule has 0 atom stereocenters. The lowest BCUT2D eigenvalue weighted by atomic mass is 9.80. The highest BCUT2D eigenvalue weighted by Crippen LogP contribution is 2.42. The molecule has 0 amide bonds. The maximum absolute atomic E-state index is 6.13. The van der Waals surface area contributed by atoms with E-state index in [1.807, 2.05) is 12.3 Å². The van der Waals surface area contributed by atoms with Gasteiger partial charge in [-0.05, 0) is 24.7 Å². The standard InChI is InChI=1S/C14H17ClN4O/c15-12-9-11(13-16-4-6-19(13)17-12)18-5-1-14(10-18)2-7-20-8-3-14/h4,6,9H,1-3,5,7-8,10H2. The van der Waals surface area contributed by atoms with Crippen LogP contribution in [0.5, 0.6) is 0 Å². The van der Waals surface area contributed by atoms with E-state index in [2.05, 4.69) is 15.0 Å². The Kier molecular flexibility index (Phi) is 2.86. The van der Waals surface area contributed by atoms with Crippen LogP contribution in [0.1, 0.15) is 19.3 Å². The number of hydrogen-bond acceptors (Lipinski definition) is 4. The molecule has 0 aromatic carbocycles. The van der Waals surface area contributed by atoms with Crippen molar-refractivity contribution in [2.24, 2.45) is 5.41 Å². The molecule has 0 N–H and O–H groups in total. The van der Waals surface area contributed by atoms with Crippen molar-refractivity contribution in [2.75, 3.05) is 31.2 Å². The number of fused-ring (bicyclic) bond motifs is 1. The summed E-state index contributed by atoms with van der Waals surface area (Å²) in [4.78, 5) is 6.82. The zero-order valence-corrected chi connectivity index (χ0v) is 12.0. The molecule has 2 aromatic heterocycles. The van der Waals surface area contributed by atoms with Gasteiger partial charge in [0.05, 0.1) is 5.69 Å². The van der Waals surface area contributed by atoms with Crippen LogP contribution in [0.15, 0.2) is 18.5 Å². The number of aromatic nitrogens is 3. The van der Waals surface area contributed by atoms with E-state index < -0.39 is 0 Å². The molecule has 20 heavy (non-hydrogen) atoms. The number of imidazole rings is 1. The zero-order chi connectivity index (χ0) is 13.6. The van der Waals surface area contributed by atoms with Crippen LogP contribution in [0.2, 0.25) is 5.15 Å². The van der Waals surface area contributed by atoms with Crippen LogP contribution in [0.4, 0.5) is 5.69 Å². The summed E-state index contributed by atoms with van der Waals surface area (Å²) in [5.74, 6) is 0. The molecule has 0 saturated carbocycles. The van der Waals surface area contributed by atoms with Gasteiger partial charge < -0.3 is 9.64 Å². The summed E-state index contributed by atoms with van der Waals surface area (Å²) >= 11 is 6.13. The molecule has 2 aliphatic rings. The van der Waals surface area contributed by atoms with Gasteiger partial charge in [-0.2, -0.15) is 5.10 Å². The van der Waals surface area contributed by atoms with Crippen molar-refractivity contribution < 1.29 is 4.74 Å². The van der Waals surface area contributed by atoms with E-state index in [0.29, 0.717) is 10.6 Å². The van der Waals surface area contributed by atoms with Crippen LogP contribution in [-0.4, -0.2) is 40.9 Å². The van der Waals surface area contributed by atoms with Gasteiger partial charge in [-0.1, -0.05) is 11.6 Å². The predicted octanol–water partition coefficient (Wildman–Crippen LogP) is 2.39. The maximum Gasteiger partial charge on any atom is 0.177 e. The van der Waals surface area contributed by atoms with E-state index in [1.165, 1.54) is 6.42 Å². The van der Waals surface area contributed by atoms with Crippen LogP contribution in [0.3, 0.4) is 0 Å². The predicted molar refractivity (Wildman–Crippen MR) is 77.3 cm³/mol. The fraction of sp³-hybridized carbons (Fsp3) is 0.571. The van der Waals surface area contributed by atoms with Crippen LogP contribution >= 0.6 is 11.6 Å². The van der Waals surface area contributed by atoms with Crippen LogP contribution in [0, 0.1) is 5.41 Å². The van der Waals surface area contributed by atoms with Gasteiger partial charge in [0.2, 0.25) is 0 Å². The molecule has 2 saturated heterocycles. The van der Waals surface area contributed by atoms with Gasteiger partial charge >= 0.3 is 0 Å². The second-order valence-electron chi connectivity index (χ2n) is 5.83. The van der Waals surface area contributed by atoms with Crippen molar-refractivity contribution >= 4 is 22.9 Å². The molecule has 2 aromatic rings.